The van der Waals surface area contributed by atoms with Gasteiger partial charge in [-0.25, -0.2) is 0 Å². The second kappa shape index (κ2) is 13.3. The highest BCUT2D eigenvalue weighted by atomic mass is 16.3. The summed E-state index contributed by atoms with van der Waals surface area (Å²) in [6, 6.07) is 81.8. The SMILES string of the molecule is c1ccc(-c2ccccc2N(c2ccc3c(c2)-c2ccccc2-c2ccccc2C32c3ccccc3-c3c2ccc2c3oc3ccccc32)c2ccc3oc4ccccc4c3c2)cc1. The van der Waals surface area contributed by atoms with E-state index in [0.717, 1.165) is 72.1 Å². The van der Waals surface area contributed by atoms with Gasteiger partial charge >= 0.3 is 0 Å². The van der Waals surface area contributed by atoms with Gasteiger partial charge in [-0.15, -0.1) is 0 Å². The van der Waals surface area contributed by atoms with Crippen LogP contribution in [0.3, 0.4) is 0 Å². The van der Waals surface area contributed by atoms with Gasteiger partial charge in [-0.1, -0.05) is 176 Å². The topological polar surface area (TPSA) is 29.5 Å². The molecule has 1 atom stereocenters. The molecule has 2 aliphatic rings. The second-order valence-corrected chi connectivity index (χ2v) is 17.1. The average Bonchev–Trinajstić information content (AvgIpc) is 4.01. The molecular weight excluding hydrogens is 779 g/mol. The molecule has 0 saturated heterocycles. The van der Waals surface area contributed by atoms with Gasteiger partial charge in [0.15, 0.2) is 0 Å². The first-order valence-electron chi connectivity index (χ1n) is 22.0. The Bertz CT molecular complexity index is 3870. The van der Waals surface area contributed by atoms with E-state index in [2.05, 4.69) is 217 Å². The molecule has 14 rings (SSSR count). The van der Waals surface area contributed by atoms with E-state index in [4.69, 9.17) is 8.83 Å². The maximum Gasteiger partial charge on any atom is 0.143 e. The van der Waals surface area contributed by atoms with Crippen LogP contribution < -0.4 is 4.90 Å². The minimum atomic E-state index is -0.663. The molecule has 0 radical (unpaired) electrons. The summed E-state index contributed by atoms with van der Waals surface area (Å²) < 4.78 is 13.3. The number of nitrogens with zero attached hydrogens (tertiary/aromatic N) is 1. The fourth-order valence-electron chi connectivity index (χ4n) is 11.3. The van der Waals surface area contributed by atoms with Gasteiger partial charge in [-0.3, -0.25) is 0 Å². The van der Waals surface area contributed by atoms with E-state index in [1.165, 1.54) is 55.6 Å². The lowest BCUT2D eigenvalue weighted by molar-refractivity contribution is 0.668. The minimum Gasteiger partial charge on any atom is -0.456 e. The molecule has 3 nitrogen and oxygen atoms in total. The third-order valence-corrected chi connectivity index (χ3v) is 13.9. The molecule has 0 fully saturated rings. The molecule has 10 aromatic carbocycles. The van der Waals surface area contributed by atoms with Gasteiger partial charge in [-0.05, 0) is 104 Å². The number of anilines is 3. The molecule has 0 bridgehead atoms. The molecule has 3 heteroatoms. The molecule has 64 heavy (non-hydrogen) atoms. The summed E-state index contributed by atoms with van der Waals surface area (Å²) in [7, 11) is 0. The maximum absolute atomic E-state index is 6.89. The van der Waals surface area contributed by atoms with Crippen molar-refractivity contribution in [3.8, 4) is 44.5 Å². The van der Waals surface area contributed by atoms with E-state index in [9.17, 15) is 0 Å². The summed E-state index contributed by atoms with van der Waals surface area (Å²) in [5.41, 5.74) is 20.6. The van der Waals surface area contributed by atoms with Gasteiger partial charge in [-0.2, -0.15) is 0 Å². The van der Waals surface area contributed by atoms with Crippen molar-refractivity contribution >= 4 is 60.9 Å². The van der Waals surface area contributed by atoms with E-state index in [1.54, 1.807) is 0 Å². The third-order valence-electron chi connectivity index (χ3n) is 13.9. The summed E-state index contributed by atoms with van der Waals surface area (Å²) in [5.74, 6) is 0. The number of fused-ring (bicyclic) bond motifs is 19. The smallest absolute Gasteiger partial charge is 0.143 e. The lowest BCUT2D eigenvalue weighted by atomic mass is 9.66. The summed E-state index contributed by atoms with van der Waals surface area (Å²) >= 11 is 0. The highest BCUT2D eigenvalue weighted by Gasteiger charge is 2.50. The standard InChI is InChI=1S/C61H37NO2/c1-2-16-38(17-3-1)41-18-8-13-27-55(41)62(40-31-35-58-50(37-40)46-23-10-14-28-56(46)63-58)39-30-33-53-49(36-39)43-20-5-4-19-42(43)44-21-6-11-25-51(44)61(53)52-26-12-7-24-48(52)59-54(61)34-32-47-45-22-9-15-29-57(45)64-60(47)59/h1-37H. The summed E-state index contributed by atoms with van der Waals surface area (Å²) in [6.07, 6.45) is 0. The summed E-state index contributed by atoms with van der Waals surface area (Å²) in [6.45, 7) is 0. The Morgan fingerprint density at radius 3 is 1.64 bits per heavy atom. The zero-order valence-electron chi connectivity index (χ0n) is 34.6. The lowest BCUT2D eigenvalue weighted by Crippen LogP contribution is -2.29. The van der Waals surface area contributed by atoms with Gasteiger partial charge in [0.2, 0.25) is 0 Å². The van der Waals surface area contributed by atoms with Crippen LogP contribution in [0.2, 0.25) is 0 Å². The Balaban J connectivity index is 1.10. The Hall–Kier alpha value is -8.40. The van der Waals surface area contributed by atoms with Gasteiger partial charge in [0.1, 0.15) is 22.3 Å². The number of para-hydroxylation sites is 3. The number of rotatable bonds is 4. The molecule has 2 heterocycles. The van der Waals surface area contributed by atoms with Crippen molar-refractivity contribution in [1.82, 2.24) is 0 Å². The number of hydrogen-bond acceptors (Lipinski definition) is 3. The molecule has 0 N–H and O–H groups in total. The zero-order valence-corrected chi connectivity index (χ0v) is 34.6. The van der Waals surface area contributed by atoms with Gasteiger partial charge in [0.05, 0.1) is 11.1 Å². The zero-order chi connectivity index (χ0) is 41.9. The van der Waals surface area contributed by atoms with E-state index in [0.29, 0.717) is 0 Å². The Kier molecular flexibility index (Phi) is 7.32. The van der Waals surface area contributed by atoms with Gasteiger partial charge in [0, 0.05) is 44.0 Å². The van der Waals surface area contributed by atoms with Crippen molar-refractivity contribution in [3.05, 3.63) is 247 Å². The van der Waals surface area contributed by atoms with E-state index >= 15 is 0 Å². The van der Waals surface area contributed by atoms with Crippen LogP contribution in [0.15, 0.2) is 233 Å². The van der Waals surface area contributed by atoms with Crippen molar-refractivity contribution < 1.29 is 8.83 Å². The van der Waals surface area contributed by atoms with E-state index in [-0.39, 0.29) is 0 Å². The first-order valence-corrected chi connectivity index (χ1v) is 22.0. The second-order valence-electron chi connectivity index (χ2n) is 17.1. The van der Waals surface area contributed by atoms with Crippen LogP contribution in [0.5, 0.6) is 0 Å². The quantitative estimate of drug-likeness (QED) is 0.177. The van der Waals surface area contributed by atoms with Crippen LogP contribution in [0.1, 0.15) is 22.3 Å². The fourth-order valence-corrected chi connectivity index (χ4v) is 11.3. The molecule has 2 aliphatic carbocycles. The number of furan rings is 2. The van der Waals surface area contributed by atoms with E-state index < -0.39 is 5.41 Å². The predicted octanol–water partition coefficient (Wildman–Crippen LogP) is 16.6. The molecule has 0 aliphatic heterocycles. The Labute approximate surface area is 369 Å². The monoisotopic (exact) mass is 815 g/mol. The predicted molar refractivity (Wildman–Crippen MR) is 263 cm³/mol. The van der Waals surface area contributed by atoms with E-state index in [1.807, 2.05) is 12.1 Å². The normalized spacial score (nSPS) is 14.6. The van der Waals surface area contributed by atoms with Crippen LogP contribution >= 0.6 is 0 Å². The molecule has 2 aromatic heterocycles. The highest BCUT2D eigenvalue weighted by molar-refractivity contribution is 6.13. The highest BCUT2D eigenvalue weighted by Crippen LogP contribution is 2.63. The largest absolute Gasteiger partial charge is 0.456 e. The van der Waals surface area contributed by atoms with Crippen molar-refractivity contribution in [2.45, 2.75) is 5.41 Å². The Morgan fingerprint density at radius 2 is 0.844 bits per heavy atom. The first kappa shape index (κ1) is 35.2. The molecule has 1 unspecified atom stereocenters. The first-order chi connectivity index (χ1) is 31.8. The third kappa shape index (κ3) is 4.76. The van der Waals surface area contributed by atoms with Crippen molar-refractivity contribution in [2.24, 2.45) is 0 Å². The van der Waals surface area contributed by atoms with Gasteiger partial charge < -0.3 is 13.7 Å². The molecule has 298 valence electrons. The molecule has 1 spiro atoms. The van der Waals surface area contributed by atoms with Gasteiger partial charge in [0.25, 0.3) is 0 Å². The van der Waals surface area contributed by atoms with Crippen molar-refractivity contribution in [1.29, 1.82) is 0 Å². The minimum absolute atomic E-state index is 0.663. The van der Waals surface area contributed by atoms with Crippen LogP contribution in [0, 0.1) is 0 Å². The maximum atomic E-state index is 6.89. The lowest BCUT2D eigenvalue weighted by Gasteiger charge is -2.36. The van der Waals surface area contributed by atoms with Crippen molar-refractivity contribution in [3.63, 3.8) is 0 Å². The molecule has 12 aromatic rings. The molecular formula is C61H37NO2. The summed E-state index contributed by atoms with van der Waals surface area (Å²) in [5, 5.41) is 4.45. The Morgan fingerprint density at radius 1 is 0.312 bits per heavy atom. The summed E-state index contributed by atoms with van der Waals surface area (Å²) in [4.78, 5) is 2.44. The van der Waals surface area contributed by atoms with Crippen LogP contribution in [-0.4, -0.2) is 0 Å². The molecule has 0 saturated carbocycles. The van der Waals surface area contributed by atoms with Crippen LogP contribution in [0.4, 0.5) is 17.1 Å². The number of hydrogen-bond donors (Lipinski definition) is 0. The van der Waals surface area contributed by atoms with Crippen molar-refractivity contribution in [2.75, 3.05) is 4.90 Å². The molecule has 0 amide bonds. The number of benzene rings is 10. The average molecular weight is 816 g/mol. The van der Waals surface area contributed by atoms with Crippen LogP contribution in [-0.2, 0) is 5.41 Å². The van der Waals surface area contributed by atoms with Crippen LogP contribution in [0.25, 0.3) is 88.4 Å². The fraction of sp³-hybridized carbons (Fsp3) is 0.0164.